The predicted molar refractivity (Wildman–Crippen MR) is 69.1 cm³/mol. The van der Waals surface area contributed by atoms with Crippen molar-refractivity contribution in [3.8, 4) is 0 Å². The molecule has 94 valence electrons. The summed E-state index contributed by atoms with van der Waals surface area (Å²) in [4.78, 5) is 30.2. The third kappa shape index (κ3) is 2.13. The van der Waals surface area contributed by atoms with Crippen molar-refractivity contribution in [3.05, 3.63) is 9.66 Å². The van der Waals surface area contributed by atoms with Crippen LogP contribution >= 0.6 is 22.6 Å². The minimum Gasteiger partial charge on any atom is -0.368 e. The smallest absolute Gasteiger partial charge is 0.345 e. The van der Waals surface area contributed by atoms with Gasteiger partial charge in [0.2, 0.25) is 5.91 Å². The van der Waals surface area contributed by atoms with E-state index in [1.165, 1.54) is 9.96 Å². The number of carbonyl (C=O) groups is 2. The number of hydrogen-bond donors (Lipinski definition) is 1. The van der Waals surface area contributed by atoms with Crippen LogP contribution in [0.1, 0.15) is 13.3 Å². The first-order valence-electron chi connectivity index (χ1n) is 5.45. The minimum atomic E-state index is -0.652. The Labute approximate surface area is 113 Å². The zero-order valence-electron chi connectivity index (χ0n) is 9.43. The first-order chi connectivity index (χ1) is 8.06. The maximum atomic E-state index is 12.0. The van der Waals surface area contributed by atoms with E-state index in [1.807, 2.05) is 6.92 Å². The van der Waals surface area contributed by atoms with Gasteiger partial charge in [0, 0.05) is 3.58 Å². The van der Waals surface area contributed by atoms with Crippen molar-refractivity contribution in [2.75, 3.05) is 13.2 Å². The Kier molecular flexibility index (Phi) is 3.57. The monoisotopic (exact) mass is 351 g/mol. The van der Waals surface area contributed by atoms with E-state index in [-0.39, 0.29) is 12.1 Å². The van der Waals surface area contributed by atoms with Crippen molar-refractivity contribution in [2.24, 2.45) is 5.73 Å². The summed E-state index contributed by atoms with van der Waals surface area (Å²) in [6.07, 6.45) is 2.56. The molecule has 2 heterocycles. The number of primary amides is 1. The second-order valence-electron chi connectivity index (χ2n) is 4.01. The number of hydrogen-bond acceptors (Lipinski definition) is 3. The van der Waals surface area contributed by atoms with Gasteiger partial charge in [-0.3, -0.25) is 9.63 Å². The molecule has 2 atom stereocenters. The number of carbonyl (C=O) groups excluding carboxylic acids is 2. The Morgan fingerprint density at radius 2 is 2.41 bits per heavy atom. The molecule has 2 N–H and O–H groups in total. The number of fused-ring (bicyclic) bond motifs is 2. The second kappa shape index (κ2) is 4.81. The Bertz CT molecular complexity index is 385. The van der Waals surface area contributed by atoms with E-state index in [2.05, 4.69) is 22.6 Å². The molecule has 0 spiro atoms. The minimum absolute atomic E-state index is 0.106. The van der Waals surface area contributed by atoms with Gasteiger partial charge in [-0.25, -0.2) is 4.79 Å². The summed E-state index contributed by atoms with van der Waals surface area (Å²) in [6.45, 7) is 2.92. The van der Waals surface area contributed by atoms with E-state index >= 15 is 0 Å². The van der Waals surface area contributed by atoms with Crippen LogP contribution in [0.5, 0.6) is 0 Å². The number of halogens is 1. The summed E-state index contributed by atoms with van der Waals surface area (Å²) in [5.74, 6) is -0.511. The Morgan fingerprint density at radius 3 is 3.00 bits per heavy atom. The van der Waals surface area contributed by atoms with Gasteiger partial charge in [0.1, 0.15) is 12.1 Å². The highest BCUT2D eigenvalue weighted by Crippen LogP contribution is 2.33. The van der Waals surface area contributed by atoms with E-state index in [0.29, 0.717) is 13.2 Å². The van der Waals surface area contributed by atoms with Crippen LogP contribution in [-0.4, -0.2) is 47.1 Å². The molecule has 3 amide bonds. The summed E-state index contributed by atoms with van der Waals surface area (Å²) in [5.41, 5.74) is 5.28. The fourth-order valence-electron chi connectivity index (χ4n) is 1.95. The number of nitrogens with zero attached hydrogens (tertiary/aromatic N) is 2. The molecule has 0 aromatic carbocycles. The summed E-state index contributed by atoms with van der Waals surface area (Å²) < 4.78 is 0.921. The van der Waals surface area contributed by atoms with Crippen LogP contribution in [0.2, 0.25) is 0 Å². The lowest BCUT2D eigenvalue weighted by atomic mass is 10.1. The molecule has 2 bridgehead atoms. The second-order valence-corrected chi connectivity index (χ2v) is 5.25. The first kappa shape index (κ1) is 12.6. The molecular weight excluding hydrogens is 337 g/mol. The van der Waals surface area contributed by atoms with E-state index in [1.54, 1.807) is 6.08 Å². The highest BCUT2D eigenvalue weighted by Gasteiger charge is 2.47. The van der Waals surface area contributed by atoms with Crippen LogP contribution in [0.3, 0.4) is 0 Å². The average molecular weight is 351 g/mol. The lowest BCUT2D eigenvalue weighted by Crippen LogP contribution is -2.46. The molecule has 17 heavy (non-hydrogen) atoms. The number of urea groups is 1. The molecule has 1 fully saturated rings. The zero-order valence-corrected chi connectivity index (χ0v) is 11.6. The quantitative estimate of drug-likeness (QED) is 0.755. The maximum absolute atomic E-state index is 12.0. The molecule has 0 aromatic heterocycles. The van der Waals surface area contributed by atoms with Crippen LogP contribution in [0, 0.1) is 0 Å². The number of amides is 3. The van der Waals surface area contributed by atoms with E-state index < -0.39 is 11.9 Å². The van der Waals surface area contributed by atoms with Gasteiger partial charge in [-0.15, -0.1) is 0 Å². The average Bonchev–Trinajstić information content (AvgIpc) is 2.56. The fraction of sp³-hybridized carbons (Fsp3) is 0.600. The fourth-order valence-corrected chi connectivity index (χ4v) is 2.74. The SMILES string of the molecule is CCCON1C(=O)N2CC1C(I)=C[C@H]2C(N)=O. The molecule has 6 nitrogen and oxygen atoms in total. The van der Waals surface area contributed by atoms with Crippen molar-refractivity contribution in [1.82, 2.24) is 9.96 Å². The first-order valence-corrected chi connectivity index (χ1v) is 6.53. The molecule has 2 aliphatic rings. The molecule has 0 radical (unpaired) electrons. The topological polar surface area (TPSA) is 75.9 Å². The lowest BCUT2D eigenvalue weighted by molar-refractivity contribution is -0.122. The van der Waals surface area contributed by atoms with Crippen molar-refractivity contribution in [3.63, 3.8) is 0 Å². The molecular formula is C10H14IN3O3. The Hall–Kier alpha value is -0.830. The summed E-state index contributed by atoms with van der Waals surface area (Å²) in [7, 11) is 0. The van der Waals surface area contributed by atoms with Gasteiger partial charge >= 0.3 is 6.03 Å². The third-order valence-corrected chi connectivity index (χ3v) is 3.86. The van der Waals surface area contributed by atoms with E-state index in [9.17, 15) is 9.59 Å². The molecule has 7 heteroatoms. The standard InChI is InChI=1S/C10H14IN3O3/c1-2-3-17-14-8-5-13(10(14)16)7(9(12)15)4-6(8)11/h4,7-8H,2-3,5H2,1H3,(H2,12,15)/t7-,8?/m0/s1. The van der Waals surface area contributed by atoms with E-state index in [4.69, 9.17) is 10.6 Å². The lowest BCUT2D eigenvalue weighted by Gasteiger charge is -2.25. The van der Waals surface area contributed by atoms with Gasteiger partial charge in [-0.1, -0.05) is 6.92 Å². The van der Waals surface area contributed by atoms with Crippen LogP contribution < -0.4 is 5.73 Å². The maximum Gasteiger partial charge on any atom is 0.345 e. The van der Waals surface area contributed by atoms with Crippen molar-refractivity contribution >= 4 is 34.5 Å². The molecule has 0 aliphatic carbocycles. The van der Waals surface area contributed by atoms with Gasteiger partial charge in [-0.05, 0) is 35.1 Å². The third-order valence-electron chi connectivity index (χ3n) is 2.78. The molecule has 0 saturated carbocycles. The van der Waals surface area contributed by atoms with Crippen LogP contribution in [0.25, 0.3) is 0 Å². The van der Waals surface area contributed by atoms with Crippen molar-refractivity contribution in [1.29, 1.82) is 0 Å². The Morgan fingerprint density at radius 1 is 1.71 bits per heavy atom. The van der Waals surface area contributed by atoms with Gasteiger partial charge in [0.05, 0.1) is 13.2 Å². The summed E-state index contributed by atoms with van der Waals surface area (Å²) >= 11 is 2.12. The van der Waals surface area contributed by atoms with E-state index in [0.717, 1.165) is 10.0 Å². The normalized spacial score (nSPS) is 27.4. The van der Waals surface area contributed by atoms with Gasteiger partial charge < -0.3 is 10.6 Å². The largest absolute Gasteiger partial charge is 0.368 e. The molecule has 1 saturated heterocycles. The number of nitrogens with two attached hydrogens (primary N) is 1. The molecule has 2 rings (SSSR count). The van der Waals surface area contributed by atoms with Gasteiger partial charge in [0.15, 0.2) is 0 Å². The van der Waals surface area contributed by atoms with Crippen molar-refractivity contribution in [2.45, 2.75) is 25.4 Å². The van der Waals surface area contributed by atoms with Crippen LogP contribution in [-0.2, 0) is 9.63 Å². The molecule has 1 unspecified atom stereocenters. The van der Waals surface area contributed by atoms with Gasteiger partial charge in [-0.2, -0.15) is 5.06 Å². The predicted octanol–water partition coefficient (Wildman–Crippen LogP) is 0.621. The summed E-state index contributed by atoms with van der Waals surface area (Å²) in [5, 5.41) is 1.35. The highest BCUT2D eigenvalue weighted by atomic mass is 127. The number of hydroxylamine groups is 2. The highest BCUT2D eigenvalue weighted by molar-refractivity contribution is 14.1. The van der Waals surface area contributed by atoms with Gasteiger partial charge in [0.25, 0.3) is 0 Å². The van der Waals surface area contributed by atoms with Crippen LogP contribution in [0.15, 0.2) is 9.66 Å². The van der Waals surface area contributed by atoms with Crippen molar-refractivity contribution < 1.29 is 14.4 Å². The van der Waals surface area contributed by atoms with Crippen LogP contribution in [0.4, 0.5) is 4.79 Å². The molecule has 0 aromatic rings. The number of rotatable bonds is 4. The zero-order chi connectivity index (χ0) is 12.6. The summed E-state index contributed by atoms with van der Waals surface area (Å²) in [6, 6.07) is -1.04. The molecule has 2 aliphatic heterocycles. The Balaban J connectivity index is 2.21.